The van der Waals surface area contributed by atoms with Gasteiger partial charge in [0.2, 0.25) is 5.91 Å². The van der Waals surface area contributed by atoms with Gasteiger partial charge < -0.3 is 4.90 Å². The molecule has 1 saturated heterocycles. The fraction of sp³-hybridized carbons (Fsp3) is 0.462. The molecule has 0 unspecified atom stereocenters. The molecule has 2 nitrogen and oxygen atoms in total. The SMILES string of the molecule is O=C(CCc1cccc(F)c1)N1CCCC1. The summed E-state index contributed by atoms with van der Waals surface area (Å²) in [6.07, 6.45) is 3.36. The molecule has 16 heavy (non-hydrogen) atoms. The number of amides is 1. The van der Waals surface area contributed by atoms with Crippen LogP contribution in [0.15, 0.2) is 24.3 Å². The van der Waals surface area contributed by atoms with Crippen molar-refractivity contribution in [3.63, 3.8) is 0 Å². The molecule has 1 aromatic carbocycles. The Hall–Kier alpha value is -1.38. The Bertz CT molecular complexity index is 372. The molecule has 0 bridgehead atoms. The number of likely N-dealkylation sites (tertiary alicyclic amines) is 1. The van der Waals surface area contributed by atoms with Gasteiger partial charge in [-0.3, -0.25) is 4.79 Å². The number of carbonyl (C=O) groups excluding carboxylic acids is 1. The van der Waals surface area contributed by atoms with Gasteiger partial charge in [0.15, 0.2) is 0 Å². The molecule has 1 fully saturated rings. The topological polar surface area (TPSA) is 20.3 Å². The second-order valence-electron chi connectivity index (χ2n) is 4.22. The Morgan fingerprint density at radius 3 is 2.75 bits per heavy atom. The number of aryl methyl sites for hydroxylation is 1. The van der Waals surface area contributed by atoms with E-state index < -0.39 is 0 Å². The van der Waals surface area contributed by atoms with Crippen LogP contribution in [0.2, 0.25) is 0 Å². The van der Waals surface area contributed by atoms with Crippen LogP contribution >= 0.6 is 0 Å². The first-order valence-corrected chi connectivity index (χ1v) is 5.78. The average Bonchev–Trinajstić information content (AvgIpc) is 2.79. The van der Waals surface area contributed by atoms with E-state index in [4.69, 9.17) is 0 Å². The first-order valence-electron chi connectivity index (χ1n) is 5.78. The lowest BCUT2D eigenvalue weighted by atomic mass is 10.1. The Morgan fingerprint density at radius 1 is 1.31 bits per heavy atom. The van der Waals surface area contributed by atoms with Crippen molar-refractivity contribution in [1.82, 2.24) is 4.90 Å². The zero-order chi connectivity index (χ0) is 11.4. The number of nitrogens with zero attached hydrogens (tertiary/aromatic N) is 1. The molecule has 0 spiro atoms. The number of hydrogen-bond donors (Lipinski definition) is 0. The Labute approximate surface area is 95.1 Å². The van der Waals surface area contributed by atoms with Gasteiger partial charge in [-0.1, -0.05) is 12.1 Å². The monoisotopic (exact) mass is 221 g/mol. The predicted octanol–water partition coefficient (Wildman–Crippen LogP) is 2.38. The second-order valence-corrected chi connectivity index (χ2v) is 4.22. The summed E-state index contributed by atoms with van der Waals surface area (Å²) in [5.74, 6) is -0.0344. The van der Waals surface area contributed by atoms with Crippen molar-refractivity contribution >= 4 is 5.91 Å². The number of hydrogen-bond acceptors (Lipinski definition) is 1. The van der Waals surface area contributed by atoms with Gasteiger partial charge in [-0.15, -0.1) is 0 Å². The average molecular weight is 221 g/mol. The smallest absolute Gasteiger partial charge is 0.222 e. The summed E-state index contributed by atoms with van der Waals surface area (Å²) < 4.78 is 12.9. The van der Waals surface area contributed by atoms with E-state index in [1.54, 1.807) is 6.07 Å². The number of halogens is 1. The highest BCUT2D eigenvalue weighted by Gasteiger charge is 2.17. The Morgan fingerprint density at radius 2 is 2.06 bits per heavy atom. The van der Waals surface area contributed by atoms with Gasteiger partial charge in [-0.2, -0.15) is 0 Å². The molecular weight excluding hydrogens is 205 g/mol. The Balaban J connectivity index is 1.84. The normalized spacial score (nSPS) is 15.4. The molecule has 0 aliphatic carbocycles. The molecule has 1 aromatic rings. The van der Waals surface area contributed by atoms with Gasteiger partial charge in [-0.05, 0) is 37.0 Å². The summed E-state index contributed by atoms with van der Waals surface area (Å²) in [5.41, 5.74) is 0.896. The zero-order valence-electron chi connectivity index (χ0n) is 9.29. The maximum atomic E-state index is 12.9. The third-order valence-corrected chi connectivity index (χ3v) is 2.98. The molecule has 1 aliphatic heterocycles. The molecule has 0 N–H and O–H groups in total. The highest BCUT2D eigenvalue weighted by Crippen LogP contribution is 2.11. The van der Waals surface area contributed by atoms with Gasteiger partial charge in [0.05, 0.1) is 0 Å². The minimum absolute atomic E-state index is 0.196. The van der Waals surface area contributed by atoms with Crippen molar-refractivity contribution in [3.8, 4) is 0 Å². The van der Waals surface area contributed by atoms with E-state index in [2.05, 4.69) is 0 Å². The van der Waals surface area contributed by atoms with E-state index in [0.717, 1.165) is 31.5 Å². The number of carbonyl (C=O) groups is 1. The van der Waals surface area contributed by atoms with Crippen LogP contribution in [0.5, 0.6) is 0 Å². The number of rotatable bonds is 3. The molecule has 2 rings (SSSR count). The molecule has 0 aromatic heterocycles. The van der Waals surface area contributed by atoms with Crippen molar-refractivity contribution in [2.75, 3.05) is 13.1 Å². The highest BCUT2D eigenvalue weighted by molar-refractivity contribution is 5.76. The maximum Gasteiger partial charge on any atom is 0.222 e. The molecule has 3 heteroatoms. The lowest BCUT2D eigenvalue weighted by molar-refractivity contribution is -0.130. The highest BCUT2D eigenvalue weighted by atomic mass is 19.1. The maximum absolute atomic E-state index is 12.9. The minimum atomic E-state index is -0.230. The molecule has 1 aliphatic rings. The number of benzene rings is 1. The summed E-state index contributed by atoms with van der Waals surface area (Å²) in [5, 5.41) is 0. The summed E-state index contributed by atoms with van der Waals surface area (Å²) in [4.78, 5) is 13.6. The largest absolute Gasteiger partial charge is 0.343 e. The van der Waals surface area contributed by atoms with Crippen LogP contribution in [0.1, 0.15) is 24.8 Å². The summed E-state index contributed by atoms with van der Waals surface area (Å²) in [6.45, 7) is 1.78. The van der Waals surface area contributed by atoms with Crippen LogP contribution < -0.4 is 0 Å². The molecule has 1 amide bonds. The van der Waals surface area contributed by atoms with Gasteiger partial charge in [0, 0.05) is 19.5 Å². The standard InChI is InChI=1S/C13H16FNO/c14-12-5-3-4-11(10-12)6-7-13(16)15-8-1-2-9-15/h3-5,10H,1-2,6-9H2. The van der Waals surface area contributed by atoms with E-state index in [1.807, 2.05) is 11.0 Å². The lowest BCUT2D eigenvalue weighted by Gasteiger charge is -2.14. The van der Waals surface area contributed by atoms with Crippen LogP contribution in [-0.4, -0.2) is 23.9 Å². The van der Waals surface area contributed by atoms with E-state index in [-0.39, 0.29) is 11.7 Å². The third kappa shape index (κ3) is 2.81. The fourth-order valence-corrected chi connectivity index (χ4v) is 2.07. The van der Waals surface area contributed by atoms with Crippen molar-refractivity contribution < 1.29 is 9.18 Å². The van der Waals surface area contributed by atoms with Gasteiger partial charge in [-0.25, -0.2) is 4.39 Å². The van der Waals surface area contributed by atoms with Crippen molar-refractivity contribution in [2.24, 2.45) is 0 Å². The molecule has 0 saturated carbocycles. The first kappa shape index (κ1) is 11.1. The van der Waals surface area contributed by atoms with E-state index in [0.29, 0.717) is 12.8 Å². The van der Waals surface area contributed by atoms with Crippen LogP contribution in [-0.2, 0) is 11.2 Å². The van der Waals surface area contributed by atoms with E-state index in [1.165, 1.54) is 12.1 Å². The molecule has 86 valence electrons. The molecule has 0 atom stereocenters. The van der Waals surface area contributed by atoms with Gasteiger partial charge in [0.1, 0.15) is 5.82 Å². The summed E-state index contributed by atoms with van der Waals surface area (Å²) in [6, 6.07) is 6.47. The van der Waals surface area contributed by atoms with Crippen molar-refractivity contribution in [3.05, 3.63) is 35.6 Å². The van der Waals surface area contributed by atoms with Crippen LogP contribution in [0.4, 0.5) is 4.39 Å². The van der Waals surface area contributed by atoms with Crippen LogP contribution in [0, 0.1) is 5.82 Å². The molecular formula is C13H16FNO. The first-order chi connectivity index (χ1) is 7.75. The summed E-state index contributed by atoms with van der Waals surface area (Å²) >= 11 is 0. The third-order valence-electron chi connectivity index (χ3n) is 2.98. The van der Waals surface area contributed by atoms with Crippen LogP contribution in [0.25, 0.3) is 0 Å². The lowest BCUT2D eigenvalue weighted by Crippen LogP contribution is -2.27. The van der Waals surface area contributed by atoms with Crippen molar-refractivity contribution in [2.45, 2.75) is 25.7 Å². The van der Waals surface area contributed by atoms with E-state index in [9.17, 15) is 9.18 Å². The van der Waals surface area contributed by atoms with Crippen LogP contribution in [0.3, 0.4) is 0 Å². The minimum Gasteiger partial charge on any atom is -0.343 e. The second kappa shape index (κ2) is 5.10. The fourth-order valence-electron chi connectivity index (χ4n) is 2.07. The summed E-state index contributed by atoms with van der Waals surface area (Å²) in [7, 11) is 0. The quantitative estimate of drug-likeness (QED) is 0.767. The predicted molar refractivity (Wildman–Crippen MR) is 60.5 cm³/mol. The van der Waals surface area contributed by atoms with Gasteiger partial charge in [0.25, 0.3) is 0 Å². The van der Waals surface area contributed by atoms with Crippen molar-refractivity contribution in [1.29, 1.82) is 0 Å². The van der Waals surface area contributed by atoms with Gasteiger partial charge >= 0.3 is 0 Å². The molecule has 0 radical (unpaired) electrons. The Kier molecular flexibility index (Phi) is 3.54. The molecule has 1 heterocycles. The van der Waals surface area contributed by atoms with E-state index >= 15 is 0 Å². The zero-order valence-corrected chi connectivity index (χ0v) is 9.29.